The molecule has 0 aliphatic rings. The summed E-state index contributed by atoms with van der Waals surface area (Å²) < 4.78 is 4.68. The van der Waals surface area contributed by atoms with E-state index in [0.29, 0.717) is 18.5 Å². The minimum atomic E-state index is -0.359. The van der Waals surface area contributed by atoms with E-state index in [1.165, 1.54) is 12.7 Å². The fourth-order valence-electron chi connectivity index (χ4n) is 2.54. The second kappa shape index (κ2) is 8.29. The van der Waals surface area contributed by atoms with Crippen molar-refractivity contribution in [3.8, 4) is 0 Å². The lowest BCUT2D eigenvalue weighted by molar-refractivity contribution is -0.130. The highest BCUT2D eigenvalue weighted by Gasteiger charge is 2.15. The molecule has 0 N–H and O–H groups in total. The number of nitrogens with zero attached hydrogens (tertiary/aromatic N) is 1. The number of carbonyl (C=O) groups is 2. The first-order valence-electron chi connectivity index (χ1n) is 7.97. The Hall–Kier alpha value is -2.62. The van der Waals surface area contributed by atoms with E-state index in [1.807, 2.05) is 42.5 Å². The molecule has 0 radical (unpaired) electrons. The first kappa shape index (κ1) is 17.7. The molecule has 2 aromatic rings. The number of benzene rings is 2. The predicted molar refractivity (Wildman–Crippen MR) is 93.7 cm³/mol. The van der Waals surface area contributed by atoms with Crippen molar-refractivity contribution in [1.82, 2.24) is 4.90 Å². The van der Waals surface area contributed by atoms with Crippen LogP contribution in [0.15, 0.2) is 54.6 Å². The highest BCUT2D eigenvalue weighted by molar-refractivity contribution is 5.89. The van der Waals surface area contributed by atoms with Gasteiger partial charge in [0, 0.05) is 20.0 Å². The molecule has 1 unspecified atom stereocenters. The van der Waals surface area contributed by atoms with Crippen molar-refractivity contribution in [2.24, 2.45) is 0 Å². The van der Waals surface area contributed by atoms with E-state index < -0.39 is 0 Å². The molecule has 0 fully saturated rings. The minimum Gasteiger partial charge on any atom is -0.465 e. The zero-order chi connectivity index (χ0) is 17.5. The lowest BCUT2D eigenvalue weighted by atomic mass is 9.97. The summed E-state index contributed by atoms with van der Waals surface area (Å²) in [4.78, 5) is 25.5. The van der Waals surface area contributed by atoms with Crippen molar-refractivity contribution in [3.63, 3.8) is 0 Å². The second-order valence-corrected chi connectivity index (χ2v) is 5.95. The van der Waals surface area contributed by atoms with Crippen LogP contribution >= 0.6 is 0 Å². The maximum absolute atomic E-state index is 12.4. The molecule has 2 aromatic carbocycles. The Morgan fingerprint density at radius 2 is 1.67 bits per heavy atom. The van der Waals surface area contributed by atoms with Gasteiger partial charge in [-0.3, -0.25) is 4.79 Å². The van der Waals surface area contributed by atoms with Gasteiger partial charge in [-0.25, -0.2) is 4.79 Å². The number of esters is 1. The smallest absolute Gasteiger partial charge is 0.337 e. The van der Waals surface area contributed by atoms with Crippen LogP contribution in [-0.2, 0) is 16.1 Å². The molecule has 2 rings (SSSR count). The molecule has 126 valence electrons. The number of rotatable bonds is 6. The van der Waals surface area contributed by atoms with E-state index >= 15 is 0 Å². The first-order chi connectivity index (χ1) is 11.5. The fourth-order valence-corrected chi connectivity index (χ4v) is 2.54. The summed E-state index contributed by atoms with van der Waals surface area (Å²) >= 11 is 0. The first-order valence-corrected chi connectivity index (χ1v) is 7.97. The van der Waals surface area contributed by atoms with Crippen molar-refractivity contribution in [2.45, 2.75) is 25.8 Å². The Morgan fingerprint density at radius 3 is 2.25 bits per heavy atom. The molecule has 0 saturated heterocycles. The van der Waals surface area contributed by atoms with Crippen LogP contribution in [0, 0.1) is 0 Å². The number of methoxy groups -OCH3 is 1. The molecule has 0 aromatic heterocycles. The van der Waals surface area contributed by atoms with Gasteiger partial charge in [-0.1, -0.05) is 49.4 Å². The molecule has 4 nitrogen and oxygen atoms in total. The summed E-state index contributed by atoms with van der Waals surface area (Å²) in [5, 5.41) is 0. The third-order valence-corrected chi connectivity index (χ3v) is 4.07. The van der Waals surface area contributed by atoms with E-state index in [2.05, 4.69) is 11.7 Å². The predicted octanol–water partition coefficient (Wildman–Crippen LogP) is 3.63. The Kier molecular flexibility index (Phi) is 6.13. The summed E-state index contributed by atoms with van der Waals surface area (Å²) in [6, 6.07) is 17.2. The van der Waals surface area contributed by atoms with E-state index in [9.17, 15) is 9.59 Å². The van der Waals surface area contributed by atoms with Crippen LogP contribution < -0.4 is 0 Å². The summed E-state index contributed by atoms with van der Waals surface area (Å²) in [6.45, 7) is 2.58. The van der Waals surface area contributed by atoms with Gasteiger partial charge in [0.25, 0.3) is 0 Å². The molecule has 1 amide bonds. The molecular formula is C20H23NO3. The molecular weight excluding hydrogens is 302 g/mol. The van der Waals surface area contributed by atoms with Crippen LogP contribution in [0.5, 0.6) is 0 Å². The topological polar surface area (TPSA) is 46.6 Å². The monoisotopic (exact) mass is 325 g/mol. The maximum Gasteiger partial charge on any atom is 0.337 e. The highest BCUT2D eigenvalue weighted by atomic mass is 16.5. The molecule has 0 saturated carbocycles. The zero-order valence-corrected chi connectivity index (χ0v) is 14.4. The standard InChI is InChI=1S/C20H23NO3/c1-15(17-7-5-4-6-8-17)13-19(22)21(2)14-16-9-11-18(12-10-16)20(23)24-3/h4-12,15H,13-14H2,1-3H3. The SMILES string of the molecule is COC(=O)c1ccc(CN(C)C(=O)CC(C)c2ccccc2)cc1. The molecule has 24 heavy (non-hydrogen) atoms. The Balaban J connectivity index is 1.92. The average Bonchev–Trinajstić information content (AvgIpc) is 2.62. The Morgan fingerprint density at radius 1 is 1.04 bits per heavy atom. The van der Waals surface area contributed by atoms with Gasteiger partial charge in [0.1, 0.15) is 0 Å². The molecule has 0 aliphatic heterocycles. The lowest BCUT2D eigenvalue weighted by Crippen LogP contribution is -2.27. The van der Waals surface area contributed by atoms with Crippen LogP contribution in [-0.4, -0.2) is 30.9 Å². The average molecular weight is 325 g/mol. The van der Waals surface area contributed by atoms with E-state index in [1.54, 1.807) is 24.1 Å². The molecule has 1 atom stereocenters. The van der Waals surface area contributed by atoms with Crippen molar-refractivity contribution in [3.05, 3.63) is 71.3 Å². The van der Waals surface area contributed by atoms with Gasteiger partial charge in [0.15, 0.2) is 0 Å². The van der Waals surface area contributed by atoms with E-state index in [0.717, 1.165) is 5.56 Å². The van der Waals surface area contributed by atoms with Crippen molar-refractivity contribution < 1.29 is 14.3 Å². The Labute approximate surface area is 143 Å². The molecule has 0 bridgehead atoms. The summed E-state index contributed by atoms with van der Waals surface area (Å²) in [6.07, 6.45) is 0.473. The minimum absolute atomic E-state index is 0.100. The van der Waals surface area contributed by atoms with Gasteiger partial charge in [0.05, 0.1) is 12.7 Å². The van der Waals surface area contributed by atoms with Crippen LogP contribution in [0.25, 0.3) is 0 Å². The van der Waals surface area contributed by atoms with Gasteiger partial charge >= 0.3 is 5.97 Å². The Bertz CT molecular complexity index is 680. The highest BCUT2D eigenvalue weighted by Crippen LogP contribution is 2.20. The number of hydrogen-bond acceptors (Lipinski definition) is 3. The third kappa shape index (κ3) is 4.69. The van der Waals surface area contributed by atoms with Crippen molar-refractivity contribution >= 4 is 11.9 Å². The van der Waals surface area contributed by atoms with Gasteiger partial charge in [-0.2, -0.15) is 0 Å². The molecule has 0 spiro atoms. The second-order valence-electron chi connectivity index (χ2n) is 5.95. The summed E-state index contributed by atoms with van der Waals surface area (Å²) in [5.41, 5.74) is 2.65. The van der Waals surface area contributed by atoms with E-state index in [4.69, 9.17) is 0 Å². The maximum atomic E-state index is 12.4. The number of hydrogen-bond donors (Lipinski definition) is 0. The van der Waals surface area contributed by atoms with Crippen LogP contribution in [0.1, 0.15) is 40.7 Å². The van der Waals surface area contributed by atoms with Crippen molar-refractivity contribution in [2.75, 3.05) is 14.2 Å². The summed E-state index contributed by atoms with van der Waals surface area (Å²) in [7, 11) is 3.16. The number of ether oxygens (including phenoxy) is 1. The van der Waals surface area contributed by atoms with Crippen molar-refractivity contribution in [1.29, 1.82) is 0 Å². The zero-order valence-electron chi connectivity index (χ0n) is 14.4. The normalized spacial score (nSPS) is 11.6. The van der Waals surface area contributed by atoms with Crippen LogP contribution in [0.2, 0.25) is 0 Å². The number of amides is 1. The van der Waals surface area contributed by atoms with Crippen LogP contribution in [0.3, 0.4) is 0 Å². The molecule has 0 aliphatic carbocycles. The quantitative estimate of drug-likeness (QED) is 0.762. The number of carbonyl (C=O) groups excluding carboxylic acids is 2. The van der Waals surface area contributed by atoms with Gasteiger partial charge in [-0.15, -0.1) is 0 Å². The fraction of sp³-hybridized carbons (Fsp3) is 0.300. The third-order valence-electron chi connectivity index (χ3n) is 4.07. The van der Waals surface area contributed by atoms with Gasteiger partial charge in [-0.05, 0) is 29.2 Å². The van der Waals surface area contributed by atoms with Gasteiger partial charge < -0.3 is 9.64 Å². The van der Waals surface area contributed by atoms with E-state index in [-0.39, 0.29) is 17.8 Å². The van der Waals surface area contributed by atoms with Gasteiger partial charge in [0.2, 0.25) is 5.91 Å². The largest absolute Gasteiger partial charge is 0.465 e. The van der Waals surface area contributed by atoms with Crippen LogP contribution in [0.4, 0.5) is 0 Å². The molecule has 4 heteroatoms. The lowest BCUT2D eigenvalue weighted by Gasteiger charge is -2.20. The molecule has 0 heterocycles. The summed E-state index contributed by atoms with van der Waals surface area (Å²) in [5.74, 6) is -0.0751.